The Balaban J connectivity index is 2.01. The van der Waals surface area contributed by atoms with Crippen LogP contribution in [0.4, 0.5) is 4.39 Å². The average molecular weight is 300 g/mol. The molecule has 4 heteroatoms. The van der Waals surface area contributed by atoms with Crippen LogP contribution in [0.1, 0.15) is 39.6 Å². The summed E-state index contributed by atoms with van der Waals surface area (Å²) in [5.41, 5.74) is 1.75. The van der Waals surface area contributed by atoms with Crippen molar-refractivity contribution >= 4 is 11.8 Å². The van der Waals surface area contributed by atoms with Gasteiger partial charge in [0.2, 0.25) is 0 Å². The molecule has 0 heterocycles. The lowest BCUT2D eigenvalue weighted by Gasteiger charge is -2.05. The standard InChI is InChI=1S/C18H17FO3/c1-2-22-18(21)15-5-3-4-14(12-15)17(20)11-8-13-6-9-16(19)10-7-13/h3-7,9-10,12H,2,8,11H2,1H3. The summed E-state index contributed by atoms with van der Waals surface area (Å²) in [5.74, 6) is -0.789. The molecule has 0 fully saturated rings. The number of ketones is 1. The van der Waals surface area contributed by atoms with Gasteiger partial charge in [0, 0.05) is 12.0 Å². The predicted octanol–water partition coefficient (Wildman–Crippen LogP) is 3.82. The molecular weight excluding hydrogens is 283 g/mol. The molecule has 0 N–H and O–H groups in total. The number of carbonyl (C=O) groups excluding carboxylic acids is 2. The maximum Gasteiger partial charge on any atom is 0.338 e. The highest BCUT2D eigenvalue weighted by atomic mass is 19.1. The number of hydrogen-bond acceptors (Lipinski definition) is 3. The average Bonchev–Trinajstić information content (AvgIpc) is 2.54. The Labute approximate surface area is 128 Å². The van der Waals surface area contributed by atoms with E-state index in [-0.39, 0.29) is 11.6 Å². The number of carbonyl (C=O) groups is 2. The zero-order valence-electron chi connectivity index (χ0n) is 12.3. The zero-order valence-corrected chi connectivity index (χ0v) is 12.3. The molecule has 0 unspecified atom stereocenters. The van der Waals surface area contributed by atoms with Crippen molar-refractivity contribution in [3.05, 3.63) is 71.0 Å². The first-order valence-corrected chi connectivity index (χ1v) is 7.15. The van der Waals surface area contributed by atoms with Crippen LogP contribution in [0.5, 0.6) is 0 Å². The molecule has 0 bridgehead atoms. The van der Waals surface area contributed by atoms with Gasteiger partial charge in [0.05, 0.1) is 12.2 Å². The smallest absolute Gasteiger partial charge is 0.338 e. The normalized spacial score (nSPS) is 10.3. The third kappa shape index (κ3) is 4.25. The topological polar surface area (TPSA) is 43.4 Å². The summed E-state index contributed by atoms with van der Waals surface area (Å²) >= 11 is 0. The van der Waals surface area contributed by atoms with Crippen molar-refractivity contribution in [2.45, 2.75) is 19.8 Å². The molecule has 0 atom stereocenters. The van der Waals surface area contributed by atoms with E-state index in [1.54, 1.807) is 43.3 Å². The van der Waals surface area contributed by atoms with Gasteiger partial charge in [0.1, 0.15) is 5.82 Å². The first-order chi connectivity index (χ1) is 10.6. The second-order valence-corrected chi connectivity index (χ2v) is 4.85. The molecule has 0 aromatic heterocycles. The van der Waals surface area contributed by atoms with E-state index in [1.807, 2.05) is 0 Å². The van der Waals surface area contributed by atoms with E-state index in [0.717, 1.165) is 5.56 Å². The van der Waals surface area contributed by atoms with Crippen molar-refractivity contribution in [1.29, 1.82) is 0 Å². The Bertz CT molecular complexity index is 662. The minimum Gasteiger partial charge on any atom is -0.462 e. The van der Waals surface area contributed by atoms with Crippen LogP contribution in [0.3, 0.4) is 0 Å². The van der Waals surface area contributed by atoms with Crippen LogP contribution >= 0.6 is 0 Å². The van der Waals surface area contributed by atoms with Crippen LogP contribution in [0.15, 0.2) is 48.5 Å². The molecule has 3 nitrogen and oxygen atoms in total. The second kappa shape index (κ2) is 7.50. The molecule has 114 valence electrons. The van der Waals surface area contributed by atoms with Crippen LogP contribution in [0.2, 0.25) is 0 Å². The van der Waals surface area contributed by atoms with E-state index in [1.165, 1.54) is 12.1 Å². The summed E-state index contributed by atoms with van der Waals surface area (Å²) < 4.78 is 17.7. The lowest BCUT2D eigenvalue weighted by molar-refractivity contribution is 0.0526. The highest BCUT2D eigenvalue weighted by Gasteiger charge is 2.11. The van der Waals surface area contributed by atoms with Crippen LogP contribution in [-0.4, -0.2) is 18.4 Å². The third-order valence-electron chi connectivity index (χ3n) is 3.25. The maximum absolute atomic E-state index is 12.8. The molecule has 0 saturated carbocycles. The Morgan fingerprint density at radius 3 is 2.41 bits per heavy atom. The fourth-order valence-corrected chi connectivity index (χ4v) is 2.09. The van der Waals surface area contributed by atoms with Gasteiger partial charge < -0.3 is 4.74 Å². The zero-order chi connectivity index (χ0) is 15.9. The molecule has 0 radical (unpaired) electrons. The molecule has 22 heavy (non-hydrogen) atoms. The van der Waals surface area contributed by atoms with E-state index >= 15 is 0 Å². The first-order valence-electron chi connectivity index (χ1n) is 7.15. The number of halogens is 1. The molecule has 0 spiro atoms. The van der Waals surface area contributed by atoms with Crippen LogP contribution in [0, 0.1) is 5.82 Å². The lowest BCUT2D eigenvalue weighted by Crippen LogP contribution is -2.07. The van der Waals surface area contributed by atoms with Gasteiger partial charge in [-0.1, -0.05) is 24.3 Å². The van der Waals surface area contributed by atoms with Gasteiger partial charge in [-0.05, 0) is 43.2 Å². The third-order valence-corrected chi connectivity index (χ3v) is 3.25. The number of benzene rings is 2. The highest BCUT2D eigenvalue weighted by molar-refractivity contribution is 5.99. The summed E-state index contributed by atoms with van der Waals surface area (Å²) in [4.78, 5) is 23.9. The number of Topliss-reactive ketones (excluding diaryl/α,β-unsaturated/α-hetero) is 1. The maximum atomic E-state index is 12.8. The van der Waals surface area contributed by atoms with E-state index < -0.39 is 5.97 Å². The summed E-state index contributed by atoms with van der Waals surface area (Å²) in [6.45, 7) is 2.02. The fourth-order valence-electron chi connectivity index (χ4n) is 2.09. The van der Waals surface area contributed by atoms with Gasteiger partial charge in [0.15, 0.2) is 5.78 Å². The van der Waals surface area contributed by atoms with Crippen molar-refractivity contribution < 1.29 is 18.7 Å². The van der Waals surface area contributed by atoms with Crippen molar-refractivity contribution in [2.75, 3.05) is 6.61 Å². The number of ether oxygens (including phenoxy) is 1. The number of aryl methyl sites for hydroxylation is 1. The summed E-state index contributed by atoms with van der Waals surface area (Å²) in [6.07, 6.45) is 0.834. The summed E-state index contributed by atoms with van der Waals surface area (Å²) in [7, 11) is 0. The quantitative estimate of drug-likeness (QED) is 0.601. The van der Waals surface area contributed by atoms with E-state index in [2.05, 4.69) is 0 Å². The van der Waals surface area contributed by atoms with Gasteiger partial charge >= 0.3 is 5.97 Å². The van der Waals surface area contributed by atoms with E-state index in [9.17, 15) is 14.0 Å². The molecule has 0 saturated heterocycles. The molecule has 0 amide bonds. The van der Waals surface area contributed by atoms with E-state index in [4.69, 9.17) is 4.74 Å². The Hall–Kier alpha value is -2.49. The molecular formula is C18H17FO3. The Kier molecular flexibility index (Phi) is 5.42. The largest absolute Gasteiger partial charge is 0.462 e. The van der Waals surface area contributed by atoms with Gasteiger partial charge in [-0.3, -0.25) is 4.79 Å². The number of rotatable bonds is 6. The van der Waals surface area contributed by atoms with Gasteiger partial charge in [0.25, 0.3) is 0 Å². The van der Waals surface area contributed by atoms with Crippen molar-refractivity contribution in [3.63, 3.8) is 0 Å². The van der Waals surface area contributed by atoms with Gasteiger partial charge in [-0.2, -0.15) is 0 Å². The number of hydrogen-bond donors (Lipinski definition) is 0. The molecule has 2 aromatic rings. The van der Waals surface area contributed by atoms with Crippen LogP contribution in [-0.2, 0) is 11.2 Å². The van der Waals surface area contributed by atoms with Gasteiger partial charge in [-0.15, -0.1) is 0 Å². The number of esters is 1. The lowest BCUT2D eigenvalue weighted by atomic mass is 10.0. The second-order valence-electron chi connectivity index (χ2n) is 4.85. The summed E-state index contributed by atoms with van der Waals surface area (Å²) in [6, 6.07) is 12.6. The monoisotopic (exact) mass is 300 g/mol. The molecule has 0 aliphatic heterocycles. The molecule has 0 aliphatic carbocycles. The fraction of sp³-hybridized carbons (Fsp3) is 0.222. The van der Waals surface area contributed by atoms with Gasteiger partial charge in [-0.25, -0.2) is 9.18 Å². The minimum atomic E-state index is -0.435. The predicted molar refractivity (Wildman–Crippen MR) is 81.5 cm³/mol. The van der Waals surface area contributed by atoms with E-state index in [0.29, 0.717) is 30.6 Å². The molecule has 2 rings (SSSR count). The Morgan fingerprint density at radius 2 is 1.73 bits per heavy atom. The summed E-state index contributed by atoms with van der Waals surface area (Å²) in [5, 5.41) is 0. The molecule has 2 aromatic carbocycles. The van der Waals surface area contributed by atoms with Crippen molar-refractivity contribution in [2.24, 2.45) is 0 Å². The Morgan fingerprint density at radius 1 is 1.05 bits per heavy atom. The van der Waals surface area contributed by atoms with Crippen LogP contribution in [0.25, 0.3) is 0 Å². The first kappa shape index (κ1) is 15.9. The van der Waals surface area contributed by atoms with Crippen molar-refractivity contribution in [1.82, 2.24) is 0 Å². The SMILES string of the molecule is CCOC(=O)c1cccc(C(=O)CCc2ccc(F)cc2)c1. The minimum absolute atomic E-state index is 0.0597. The van der Waals surface area contributed by atoms with Crippen molar-refractivity contribution in [3.8, 4) is 0 Å². The van der Waals surface area contributed by atoms with Crippen LogP contribution < -0.4 is 0 Å². The highest BCUT2D eigenvalue weighted by Crippen LogP contribution is 2.12. The molecule has 0 aliphatic rings.